The molecule has 0 aliphatic carbocycles. The molecular weight excluding hydrogens is 88.1 g/mol. The Morgan fingerprint density at radius 3 is 2.43 bits per heavy atom. The molecule has 0 spiro atoms. The molecule has 1 radical (unpaired) electrons. The normalized spacial score (nSPS) is 14.1. The second kappa shape index (κ2) is 4.13. The maximum Gasteiger partial charge on any atom is 0.0490 e. The van der Waals surface area contributed by atoms with Crippen molar-refractivity contribution in [3.63, 3.8) is 0 Å². The predicted octanol–water partition coefficient (Wildman–Crippen LogP) is 1.49. The average molecular weight is 101 g/mol. The minimum absolute atomic E-state index is 0.602. The van der Waals surface area contributed by atoms with Gasteiger partial charge in [0.15, 0.2) is 0 Å². The summed E-state index contributed by atoms with van der Waals surface area (Å²) in [5.41, 5.74) is 0. The van der Waals surface area contributed by atoms with E-state index in [1.165, 1.54) is 0 Å². The highest BCUT2D eigenvalue weighted by atomic mass is 16.5. The maximum absolute atomic E-state index is 4.86. The minimum Gasteiger partial charge on any atom is -0.384 e. The van der Waals surface area contributed by atoms with E-state index in [-0.39, 0.29) is 0 Å². The molecule has 0 aromatic heterocycles. The first-order chi connectivity index (χ1) is 3.31. The highest BCUT2D eigenvalue weighted by Crippen LogP contribution is 1.96. The topological polar surface area (TPSA) is 9.23 Å². The van der Waals surface area contributed by atoms with Gasteiger partial charge in [0, 0.05) is 13.7 Å². The van der Waals surface area contributed by atoms with Gasteiger partial charge in [-0.15, -0.1) is 0 Å². The second-order valence-corrected chi connectivity index (χ2v) is 1.77. The summed E-state index contributed by atoms with van der Waals surface area (Å²) >= 11 is 0. The Balaban J connectivity index is 2.83. The molecule has 0 aliphatic heterocycles. The van der Waals surface area contributed by atoms with Crippen molar-refractivity contribution in [2.45, 2.75) is 13.8 Å². The number of methoxy groups -OCH3 is 1. The number of hydrogen-bond acceptors (Lipinski definition) is 1. The van der Waals surface area contributed by atoms with E-state index in [9.17, 15) is 0 Å². The summed E-state index contributed by atoms with van der Waals surface area (Å²) in [6.07, 6.45) is 2.13. The zero-order valence-electron chi connectivity index (χ0n) is 5.27. The molecule has 7 heavy (non-hydrogen) atoms. The predicted molar refractivity (Wildman–Crippen MR) is 31.0 cm³/mol. The fourth-order valence-electron chi connectivity index (χ4n) is 0.359. The lowest BCUT2D eigenvalue weighted by atomic mass is 10.1. The SMILES string of the molecule is C[CH]C(C)COC. The van der Waals surface area contributed by atoms with Crippen LogP contribution in [0.4, 0.5) is 0 Å². The third kappa shape index (κ3) is 3.80. The van der Waals surface area contributed by atoms with Gasteiger partial charge in [0.05, 0.1) is 0 Å². The first-order valence-corrected chi connectivity index (χ1v) is 2.59. The lowest BCUT2D eigenvalue weighted by Crippen LogP contribution is -2.01. The van der Waals surface area contributed by atoms with Gasteiger partial charge in [0.2, 0.25) is 0 Å². The third-order valence-electron chi connectivity index (χ3n) is 0.999. The zero-order chi connectivity index (χ0) is 5.70. The maximum atomic E-state index is 4.86. The Labute approximate surface area is 45.7 Å². The molecule has 0 saturated carbocycles. The Kier molecular flexibility index (Phi) is 4.10. The molecule has 0 amide bonds. The summed E-state index contributed by atoms with van der Waals surface area (Å²) in [7, 11) is 1.72. The summed E-state index contributed by atoms with van der Waals surface area (Å²) < 4.78 is 4.86. The molecule has 0 bridgehead atoms. The molecule has 1 nitrogen and oxygen atoms in total. The highest BCUT2D eigenvalue weighted by molar-refractivity contribution is 4.64. The van der Waals surface area contributed by atoms with Gasteiger partial charge < -0.3 is 4.74 Å². The Hall–Kier alpha value is -0.0400. The van der Waals surface area contributed by atoms with Crippen molar-refractivity contribution in [2.75, 3.05) is 13.7 Å². The van der Waals surface area contributed by atoms with Gasteiger partial charge in [0.1, 0.15) is 0 Å². The molecule has 1 unspecified atom stereocenters. The summed E-state index contributed by atoms with van der Waals surface area (Å²) in [5.74, 6) is 0.602. The molecule has 1 heteroatoms. The van der Waals surface area contributed by atoms with Crippen molar-refractivity contribution in [1.29, 1.82) is 0 Å². The number of rotatable bonds is 3. The monoisotopic (exact) mass is 101 g/mol. The van der Waals surface area contributed by atoms with Crippen molar-refractivity contribution < 1.29 is 4.74 Å². The molecule has 43 valence electrons. The van der Waals surface area contributed by atoms with E-state index in [1.807, 2.05) is 6.92 Å². The molecule has 0 aliphatic rings. The van der Waals surface area contributed by atoms with Crippen LogP contribution in [0.1, 0.15) is 13.8 Å². The van der Waals surface area contributed by atoms with Crippen LogP contribution in [0.15, 0.2) is 0 Å². The van der Waals surface area contributed by atoms with Crippen LogP contribution < -0.4 is 0 Å². The van der Waals surface area contributed by atoms with Crippen LogP contribution in [0.5, 0.6) is 0 Å². The standard InChI is InChI=1S/C6H13O/c1-4-6(2)5-7-3/h4,6H,5H2,1-3H3. The summed E-state index contributed by atoms with van der Waals surface area (Å²) in [4.78, 5) is 0. The summed E-state index contributed by atoms with van der Waals surface area (Å²) in [6, 6.07) is 0. The largest absolute Gasteiger partial charge is 0.384 e. The van der Waals surface area contributed by atoms with Crippen LogP contribution in [0.3, 0.4) is 0 Å². The quantitative estimate of drug-likeness (QED) is 0.523. The van der Waals surface area contributed by atoms with Gasteiger partial charge in [0.25, 0.3) is 0 Å². The lowest BCUT2D eigenvalue weighted by molar-refractivity contribution is 0.171. The van der Waals surface area contributed by atoms with Crippen LogP contribution in [-0.4, -0.2) is 13.7 Å². The molecule has 0 N–H and O–H groups in total. The minimum atomic E-state index is 0.602. The third-order valence-corrected chi connectivity index (χ3v) is 0.999. The van der Waals surface area contributed by atoms with E-state index in [0.717, 1.165) is 6.61 Å². The van der Waals surface area contributed by atoms with Gasteiger partial charge in [-0.25, -0.2) is 0 Å². The van der Waals surface area contributed by atoms with Crippen LogP contribution in [0.25, 0.3) is 0 Å². The fourth-order valence-corrected chi connectivity index (χ4v) is 0.359. The van der Waals surface area contributed by atoms with Crippen molar-refractivity contribution >= 4 is 0 Å². The molecule has 0 aromatic rings. The zero-order valence-corrected chi connectivity index (χ0v) is 5.27. The average Bonchev–Trinajstić information content (AvgIpc) is 1.68. The number of hydrogen-bond donors (Lipinski definition) is 0. The van der Waals surface area contributed by atoms with Crippen molar-refractivity contribution in [3.8, 4) is 0 Å². The van der Waals surface area contributed by atoms with Gasteiger partial charge in [-0.2, -0.15) is 0 Å². The van der Waals surface area contributed by atoms with E-state index in [0.29, 0.717) is 5.92 Å². The van der Waals surface area contributed by atoms with Gasteiger partial charge >= 0.3 is 0 Å². The van der Waals surface area contributed by atoms with E-state index < -0.39 is 0 Å². The van der Waals surface area contributed by atoms with Crippen LogP contribution >= 0.6 is 0 Å². The van der Waals surface area contributed by atoms with Crippen LogP contribution in [0, 0.1) is 12.3 Å². The first-order valence-electron chi connectivity index (χ1n) is 2.59. The molecule has 0 fully saturated rings. The van der Waals surface area contributed by atoms with E-state index >= 15 is 0 Å². The Morgan fingerprint density at radius 2 is 2.29 bits per heavy atom. The second-order valence-electron chi connectivity index (χ2n) is 1.77. The molecular formula is C6H13O. The van der Waals surface area contributed by atoms with E-state index in [1.54, 1.807) is 7.11 Å². The molecule has 0 heterocycles. The first kappa shape index (κ1) is 6.96. The van der Waals surface area contributed by atoms with Gasteiger partial charge in [-0.3, -0.25) is 0 Å². The van der Waals surface area contributed by atoms with Crippen LogP contribution in [-0.2, 0) is 4.74 Å². The fraction of sp³-hybridized carbons (Fsp3) is 0.833. The van der Waals surface area contributed by atoms with E-state index in [4.69, 9.17) is 4.74 Å². The molecule has 0 saturated heterocycles. The summed E-state index contributed by atoms with van der Waals surface area (Å²) in [5, 5.41) is 0. The molecule has 1 atom stereocenters. The summed E-state index contributed by atoms with van der Waals surface area (Å²) in [6.45, 7) is 5.02. The van der Waals surface area contributed by atoms with Crippen molar-refractivity contribution in [3.05, 3.63) is 6.42 Å². The van der Waals surface area contributed by atoms with Crippen molar-refractivity contribution in [1.82, 2.24) is 0 Å². The molecule has 0 rings (SSSR count). The lowest BCUT2D eigenvalue weighted by Gasteiger charge is -2.03. The smallest absolute Gasteiger partial charge is 0.0490 e. The molecule has 0 aromatic carbocycles. The van der Waals surface area contributed by atoms with Crippen molar-refractivity contribution in [2.24, 2.45) is 5.92 Å². The van der Waals surface area contributed by atoms with Gasteiger partial charge in [-0.05, 0) is 12.3 Å². The van der Waals surface area contributed by atoms with E-state index in [2.05, 4.69) is 13.3 Å². The highest BCUT2D eigenvalue weighted by Gasteiger charge is 1.93. The number of ether oxygens (including phenoxy) is 1. The van der Waals surface area contributed by atoms with Crippen LogP contribution in [0.2, 0.25) is 0 Å². The Morgan fingerprint density at radius 1 is 1.71 bits per heavy atom. The Bertz CT molecular complexity index is 35.2. The van der Waals surface area contributed by atoms with Gasteiger partial charge in [-0.1, -0.05) is 13.8 Å².